The molecule has 0 aliphatic rings. The number of benzene rings is 1. The number of carbonyl (C=O) groups excluding carboxylic acids is 1. The van der Waals surface area contributed by atoms with Crippen LogP contribution < -0.4 is 5.32 Å². The molecular weight excluding hydrogens is 411 g/mol. The van der Waals surface area contributed by atoms with Crippen molar-refractivity contribution in [1.29, 1.82) is 0 Å². The minimum atomic E-state index is -0.351. The van der Waals surface area contributed by atoms with Crippen LogP contribution >= 0.6 is 46.3 Å². The quantitative estimate of drug-likeness (QED) is 0.531. The van der Waals surface area contributed by atoms with E-state index in [1.807, 2.05) is 37.4 Å². The predicted octanol–water partition coefficient (Wildman–Crippen LogP) is 5.20. The maximum Gasteiger partial charge on any atom is 0.233 e. The number of hydrogen-bond acceptors (Lipinski definition) is 5. The largest absolute Gasteiger partial charge is 0.349 e. The first-order chi connectivity index (χ1) is 12.4. The predicted molar refractivity (Wildman–Crippen MR) is 108 cm³/mol. The van der Waals surface area contributed by atoms with Crippen LogP contribution in [0.1, 0.15) is 25.5 Å². The van der Waals surface area contributed by atoms with Crippen LogP contribution in [0.25, 0.3) is 10.7 Å². The van der Waals surface area contributed by atoms with Gasteiger partial charge in [-0.25, -0.2) is 4.98 Å². The summed E-state index contributed by atoms with van der Waals surface area (Å²) in [6.45, 7) is 3.70. The minimum Gasteiger partial charge on any atom is -0.349 e. The first-order valence-corrected chi connectivity index (χ1v) is 10.3. The van der Waals surface area contributed by atoms with E-state index in [0.29, 0.717) is 21.0 Å². The Morgan fingerprint density at radius 2 is 2.12 bits per heavy atom. The third-order valence-electron chi connectivity index (χ3n) is 3.66. The molecule has 0 saturated carbocycles. The van der Waals surface area contributed by atoms with Crippen LogP contribution in [0, 0.1) is 0 Å². The third kappa shape index (κ3) is 4.59. The first kappa shape index (κ1) is 19.2. The molecule has 0 saturated heterocycles. The van der Waals surface area contributed by atoms with E-state index in [9.17, 15) is 4.79 Å². The maximum absolute atomic E-state index is 12.5. The lowest BCUT2D eigenvalue weighted by atomic mass is 10.1. The summed E-state index contributed by atoms with van der Waals surface area (Å²) < 4.78 is 0. The molecule has 2 aromatic heterocycles. The van der Waals surface area contributed by atoms with Crippen molar-refractivity contribution in [3.05, 3.63) is 51.3 Å². The molecule has 0 radical (unpaired) electrons. The molecular formula is C17H16Cl2N4OS2. The van der Waals surface area contributed by atoms with E-state index in [1.165, 1.54) is 11.8 Å². The normalized spacial score (nSPS) is 13.4. The fraction of sp³-hybridized carbons (Fsp3) is 0.235. The Kier molecular flexibility index (Phi) is 6.24. The molecule has 1 aromatic carbocycles. The average Bonchev–Trinajstić information content (AvgIpc) is 3.25. The number of hydrogen-bond donors (Lipinski definition) is 2. The molecule has 0 aliphatic carbocycles. The summed E-state index contributed by atoms with van der Waals surface area (Å²) in [7, 11) is 0. The molecule has 5 nitrogen and oxygen atoms in total. The summed E-state index contributed by atoms with van der Waals surface area (Å²) in [5, 5.41) is 13.3. The third-order valence-corrected chi connectivity index (χ3v) is 6.06. The van der Waals surface area contributed by atoms with Crippen LogP contribution in [0.5, 0.6) is 0 Å². The zero-order chi connectivity index (χ0) is 18.7. The highest BCUT2D eigenvalue weighted by Gasteiger charge is 2.20. The lowest BCUT2D eigenvalue weighted by Crippen LogP contribution is -2.33. The standard InChI is InChI=1S/C17H16Cl2N4OS2/c1-9(12-6-5-11(18)8-13(12)19)20-16(24)10(2)26-17-21-15(22-23-17)14-4-3-7-25-14/h3-10H,1-2H3,(H,20,24)(H,21,22,23). The van der Waals surface area contributed by atoms with Crippen molar-refractivity contribution in [2.75, 3.05) is 0 Å². The van der Waals surface area contributed by atoms with Crippen LogP contribution in [0.4, 0.5) is 0 Å². The van der Waals surface area contributed by atoms with Gasteiger partial charge >= 0.3 is 0 Å². The second-order valence-corrected chi connectivity index (χ2v) is 8.70. The number of aromatic nitrogens is 3. The van der Waals surface area contributed by atoms with Gasteiger partial charge in [0.2, 0.25) is 11.1 Å². The summed E-state index contributed by atoms with van der Waals surface area (Å²) in [5.41, 5.74) is 0.819. The Balaban J connectivity index is 1.61. The fourth-order valence-corrected chi connectivity index (χ4v) is 4.27. The van der Waals surface area contributed by atoms with Gasteiger partial charge in [0, 0.05) is 10.0 Å². The number of rotatable bonds is 6. The van der Waals surface area contributed by atoms with Crippen molar-refractivity contribution in [2.24, 2.45) is 0 Å². The lowest BCUT2D eigenvalue weighted by Gasteiger charge is -2.18. The Morgan fingerprint density at radius 1 is 1.31 bits per heavy atom. The van der Waals surface area contributed by atoms with Gasteiger partial charge in [-0.3, -0.25) is 9.89 Å². The SMILES string of the molecule is CC(Sc1n[nH]c(-c2cccs2)n1)C(=O)NC(C)c1ccc(Cl)cc1Cl. The molecule has 2 atom stereocenters. The van der Waals surface area contributed by atoms with E-state index in [0.717, 1.165) is 10.4 Å². The number of nitrogens with one attached hydrogen (secondary N) is 2. The van der Waals surface area contributed by atoms with Crippen LogP contribution in [0.3, 0.4) is 0 Å². The summed E-state index contributed by atoms with van der Waals surface area (Å²) in [5.74, 6) is 0.590. The molecule has 3 aromatic rings. The molecule has 1 amide bonds. The van der Waals surface area contributed by atoms with Crippen LogP contribution in [0.15, 0.2) is 40.9 Å². The molecule has 0 bridgehead atoms. The molecule has 2 N–H and O–H groups in total. The van der Waals surface area contributed by atoms with E-state index in [4.69, 9.17) is 23.2 Å². The van der Waals surface area contributed by atoms with Gasteiger partial charge in [0.15, 0.2) is 5.82 Å². The number of thiophene rings is 1. The Morgan fingerprint density at radius 3 is 2.81 bits per heavy atom. The maximum atomic E-state index is 12.5. The van der Waals surface area contributed by atoms with Gasteiger partial charge in [-0.2, -0.15) is 0 Å². The summed E-state index contributed by atoms with van der Waals surface area (Å²) in [6.07, 6.45) is 0. The minimum absolute atomic E-state index is 0.115. The molecule has 2 heterocycles. The van der Waals surface area contributed by atoms with E-state index in [1.54, 1.807) is 23.5 Å². The highest BCUT2D eigenvalue weighted by atomic mass is 35.5. The zero-order valence-corrected chi connectivity index (χ0v) is 17.1. The van der Waals surface area contributed by atoms with Crippen LogP contribution in [0.2, 0.25) is 10.0 Å². The molecule has 2 unspecified atom stereocenters. The van der Waals surface area contributed by atoms with Gasteiger partial charge in [0.25, 0.3) is 0 Å². The van der Waals surface area contributed by atoms with Crippen molar-refractivity contribution in [1.82, 2.24) is 20.5 Å². The molecule has 0 spiro atoms. The second-order valence-electron chi connectivity index (χ2n) is 5.60. The van der Waals surface area contributed by atoms with Gasteiger partial charge in [0.1, 0.15) is 0 Å². The first-order valence-electron chi connectivity index (χ1n) is 7.82. The van der Waals surface area contributed by atoms with Gasteiger partial charge < -0.3 is 5.32 Å². The molecule has 3 rings (SSSR count). The summed E-state index contributed by atoms with van der Waals surface area (Å²) >= 11 is 15.0. The number of aromatic amines is 1. The highest BCUT2D eigenvalue weighted by molar-refractivity contribution is 8.00. The van der Waals surface area contributed by atoms with E-state index >= 15 is 0 Å². The molecule has 26 heavy (non-hydrogen) atoms. The Hall–Kier alpha value is -1.54. The number of H-pyrrole nitrogens is 1. The van der Waals surface area contributed by atoms with E-state index in [2.05, 4.69) is 20.5 Å². The lowest BCUT2D eigenvalue weighted by molar-refractivity contribution is -0.120. The van der Waals surface area contributed by atoms with E-state index in [-0.39, 0.29) is 17.2 Å². The average molecular weight is 427 g/mol. The van der Waals surface area contributed by atoms with Crippen molar-refractivity contribution in [3.63, 3.8) is 0 Å². The Labute approximate surface area is 169 Å². The molecule has 136 valence electrons. The highest BCUT2D eigenvalue weighted by Crippen LogP contribution is 2.28. The number of amides is 1. The van der Waals surface area contributed by atoms with Crippen molar-refractivity contribution in [2.45, 2.75) is 30.3 Å². The van der Waals surface area contributed by atoms with Gasteiger partial charge in [-0.1, -0.05) is 47.1 Å². The second kappa shape index (κ2) is 8.43. The smallest absolute Gasteiger partial charge is 0.233 e. The van der Waals surface area contributed by atoms with Crippen molar-refractivity contribution < 1.29 is 4.79 Å². The summed E-state index contributed by atoms with van der Waals surface area (Å²) in [4.78, 5) is 17.9. The topological polar surface area (TPSA) is 70.7 Å². The van der Waals surface area contributed by atoms with Gasteiger partial charge in [-0.15, -0.1) is 16.4 Å². The fourth-order valence-electron chi connectivity index (χ4n) is 2.30. The van der Waals surface area contributed by atoms with Crippen LogP contribution in [-0.4, -0.2) is 26.3 Å². The number of thioether (sulfide) groups is 1. The number of carbonyl (C=O) groups is 1. The van der Waals surface area contributed by atoms with E-state index < -0.39 is 0 Å². The Bertz CT molecular complexity index is 898. The van der Waals surface area contributed by atoms with Crippen molar-refractivity contribution >= 4 is 52.2 Å². The van der Waals surface area contributed by atoms with Gasteiger partial charge in [-0.05, 0) is 43.0 Å². The molecule has 0 fully saturated rings. The van der Waals surface area contributed by atoms with Crippen molar-refractivity contribution in [3.8, 4) is 10.7 Å². The molecule has 0 aliphatic heterocycles. The van der Waals surface area contributed by atoms with Gasteiger partial charge in [0.05, 0.1) is 16.2 Å². The monoisotopic (exact) mass is 426 g/mol. The summed E-state index contributed by atoms with van der Waals surface area (Å²) in [6, 6.07) is 8.92. The zero-order valence-electron chi connectivity index (χ0n) is 14.0. The van der Waals surface area contributed by atoms with Crippen LogP contribution in [-0.2, 0) is 4.79 Å². The number of halogens is 2. The number of nitrogens with zero attached hydrogens (tertiary/aromatic N) is 2. The molecule has 9 heteroatoms.